The smallest absolute Gasteiger partial charge is 0.250 e. The molecule has 0 aliphatic carbocycles. The van der Waals surface area contributed by atoms with Gasteiger partial charge in [-0.15, -0.1) is 11.3 Å². The van der Waals surface area contributed by atoms with Crippen molar-refractivity contribution in [3.63, 3.8) is 0 Å². The highest BCUT2D eigenvalue weighted by Crippen LogP contribution is 2.35. The fourth-order valence-corrected chi connectivity index (χ4v) is 4.13. The monoisotopic (exact) mass is 396 g/mol. The van der Waals surface area contributed by atoms with Gasteiger partial charge in [0.15, 0.2) is 11.5 Å². The molecule has 144 valence electrons. The van der Waals surface area contributed by atoms with E-state index < -0.39 is 0 Å². The van der Waals surface area contributed by atoms with Crippen LogP contribution in [0.3, 0.4) is 0 Å². The summed E-state index contributed by atoms with van der Waals surface area (Å²) in [5, 5.41) is 1.92. The molecule has 1 aliphatic heterocycles. The van der Waals surface area contributed by atoms with Crippen molar-refractivity contribution in [1.29, 1.82) is 0 Å². The molecule has 0 radical (unpaired) electrons. The number of morpholine rings is 1. The first-order valence-electron chi connectivity index (χ1n) is 8.97. The summed E-state index contributed by atoms with van der Waals surface area (Å²) in [6.45, 7) is 6.15. The molecule has 1 aromatic carbocycles. The summed E-state index contributed by atoms with van der Waals surface area (Å²) >= 11 is 1.37. The number of rotatable bonds is 4. The summed E-state index contributed by atoms with van der Waals surface area (Å²) in [6.07, 6.45) is 1.28. The molecule has 0 bridgehead atoms. The summed E-state index contributed by atoms with van der Waals surface area (Å²) in [5.41, 5.74) is 3.00. The van der Waals surface area contributed by atoms with Crippen molar-refractivity contribution < 1.29 is 13.9 Å². The van der Waals surface area contributed by atoms with Gasteiger partial charge in [0, 0.05) is 42.8 Å². The first-order chi connectivity index (χ1) is 13.6. The number of hydrogen-bond acceptors (Lipinski definition) is 6. The second kappa shape index (κ2) is 7.61. The molecular weight excluding hydrogens is 376 g/mol. The molecule has 1 aliphatic rings. The number of ether oxygens (including phenoxy) is 1. The van der Waals surface area contributed by atoms with Gasteiger partial charge in [-0.3, -0.25) is 9.59 Å². The van der Waals surface area contributed by atoms with Gasteiger partial charge in [0.05, 0.1) is 13.2 Å². The molecule has 0 saturated carbocycles. The second-order valence-electron chi connectivity index (χ2n) is 6.51. The van der Waals surface area contributed by atoms with E-state index in [9.17, 15) is 9.59 Å². The van der Waals surface area contributed by atoms with Crippen molar-refractivity contribution >= 4 is 39.1 Å². The quantitative estimate of drug-likeness (QED) is 0.632. The van der Waals surface area contributed by atoms with Crippen LogP contribution in [-0.4, -0.2) is 39.3 Å². The molecular formula is C21H20N2O4S. The van der Waals surface area contributed by atoms with Gasteiger partial charge < -0.3 is 19.0 Å². The largest absolute Gasteiger partial charge is 0.439 e. The van der Waals surface area contributed by atoms with Crippen LogP contribution in [0.25, 0.3) is 21.4 Å². The summed E-state index contributed by atoms with van der Waals surface area (Å²) in [6, 6.07) is 9.14. The minimum absolute atomic E-state index is 0.0471. The van der Waals surface area contributed by atoms with Crippen LogP contribution in [0, 0.1) is 0 Å². The summed E-state index contributed by atoms with van der Waals surface area (Å²) in [5.74, 6) is 0.379. The number of nitrogens with zero attached hydrogens (tertiary/aromatic N) is 2. The molecule has 3 aromatic rings. The van der Waals surface area contributed by atoms with Crippen LogP contribution in [0.1, 0.15) is 0 Å². The first kappa shape index (κ1) is 18.5. The average Bonchev–Trinajstić information content (AvgIpc) is 3.18. The van der Waals surface area contributed by atoms with Crippen molar-refractivity contribution in [1.82, 2.24) is 0 Å². The van der Waals surface area contributed by atoms with Crippen LogP contribution in [0.5, 0.6) is 0 Å². The Morgan fingerprint density at radius 1 is 1.29 bits per heavy atom. The van der Waals surface area contributed by atoms with E-state index in [1.807, 2.05) is 34.5 Å². The van der Waals surface area contributed by atoms with E-state index in [2.05, 4.69) is 6.58 Å². The zero-order chi connectivity index (χ0) is 19.7. The fraction of sp³-hybridized carbons (Fsp3) is 0.238. The Hall–Kier alpha value is -2.90. The molecule has 1 amide bonds. The maximum absolute atomic E-state index is 12.6. The fourth-order valence-electron chi connectivity index (χ4n) is 3.22. The number of hydrogen-bond donors (Lipinski definition) is 0. The molecule has 0 N–H and O–H groups in total. The van der Waals surface area contributed by atoms with Crippen LogP contribution in [0.4, 0.5) is 11.6 Å². The van der Waals surface area contributed by atoms with Crippen LogP contribution < -0.4 is 15.2 Å². The predicted molar refractivity (Wildman–Crippen MR) is 112 cm³/mol. The number of likely N-dealkylation sites (N-methyl/N-ethyl adjacent to an activating group) is 1. The van der Waals surface area contributed by atoms with Gasteiger partial charge in [-0.25, -0.2) is 0 Å². The van der Waals surface area contributed by atoms with Crippen molar-refractivity contribution in [2.75, 3.05) is 43.2 Å². The molecule has 28 heavy (non-hydrogen) atoms. The summed E-state index contributed by atoms with van der Waals surface area (Å²) in [4.78, 5) is 28.1. The molecule has 2 aromatic heterocycles. The zero-order valence-electron chi connectivity index (χ0n) is 15.5. The average molecular weight is 396 g/mol. The second-order valence-corrected chi connectivity index (χ2v) is 7.39. The molecule has 0 spiro atoms. The Balaban J connectivity index is 1.79. The maximum Gasteiger partial charge on any atom is 0.250 e. The third-order valence-electron chi connectivity index (χ3n) is 4.80. The molecule has 3 heterocycles. The SMILES string of the molecule is C=CC(=O)N(C)c1cccc(-c2csc3c(=O)cc(N4CCOCC4)oc23)c1. The Labute approximate surface area is 166 Å². The highest BCUT2D eigenvalue weighted by molar-refractivity contribution is 7.17. The van der Waals surface area contributed by atoms with Gasteiger partial charge in [-0.2, -0.15) is 0 Å². The Morgan fingerprint density at radius 2 is 2.07 bits per heavy atom. The van der Waals surface area contributed by atoms with Gasteiger partial charge in [-0.1, -0.05) is 18.7 Å². The highest BCUT2D eigenvalue weighted by atomic mass is 32.1. The van der Waals surface area contributed by atoms with Crippen LogP contribution >= 0.6 is 11.3 Å². The van der Waals surface area contributed by atoms with Crippen molar-refractivity contribution in [3.05, 3.63) is 58.6 Å². The molecule has 6 nitrogen and oxygen atoms in total. The third-order valence-corrected chi connectivity index (χ3v) is 5.78. The van der Waals surface area contributed by atoms with Gasteiger partial charge in [0.2, 0.25) is 11.3 Å². The summed E-state index contributed by atoms with van der Waals surface area (Å²) in [7, 11) is 1.70. The Kier molecular flexibility index (Phi) is 5.02. The highest BCUT2D eigenvalue weighted by Gasteiger charge is 2.19. The molecule has 0 unspecified atom stereocenters. The number of carbonyl (C=O) groups is 1. The van der Waals surface area contributed by atoms with E-state index in [1.54, 1.807) is 13.1 Å². The topological polar surface area (TPSA) is 63.0 Å². The summed E-state index contributed by atoms with van der Waals surface area (Å²) < 4.78 is 12.1. The number of carbonyl (C=O) groups excluding carboxylic acids is 1. The van der Waals surface area contributed by atoms with E-state index in [0.29, 0.717) is 42.5 Å². The van der Waals surface area contributed by atoms with E-state index in [0.717, 1.165) is 16.8 Å². The van der Waals surface area contributed by atoms with Crippen LogP contribution in [0.15, 0.2) is 57.6 Å². The van der Waals surface area contributed by atoms with Crippen LogP contribution in [0.2, 0.25) is 0 Å². The van der Waals surface area contributed by atoms with Gasteiger partial charge in [0.25, 0.3) is 0 Å². The van der Waals surface area contributed by atoms with Crippen molar-refractivity contribution in [3.8, 4) is 11.1 Å². The number of amides is 1. The lowest BCUT2D eigenvalue weighted by atomic mass is 10.1. The lowest BCUT2D eigenvalue weighted by molar-refractivity contribution is -0.113. The van der Waals surface area contributed by atoms with Gasteiger partial charge in [0.1, 0.15) is 4.70 Å². The minimum atomic E-state index is -0.187. The van der Waals surface area contributed by atoms with E-state index >= 15 is 0 Å². The molecule has 7 heteroatoms. The number of fused-ring (bicyclic) bond motifs is 1. The minimum Gasteiger partial charge on any atom is -0.439 e. The van der Waals surface area contributed by atoms with Gasteiger partial charge in [-0.05, 0) is 23.8 Å². The molecule has 4 rings (SSSR count). The van der Waals surface area contributed by atoms with E-state index in [-0.39, 0.29) is 11.3 Å². The molecule has 1 saturated heterocycles. The zero-order valence-corrected chi connectivity index (χ0v) is 16.3. The Morgan fingerprint density at radius 3 is 2.82 bits per heavy atom. The number of thiophene rings is 1. The number of benzene rings is 1. The van der Waals surface area contributed by atoms with Crippen molar-refractivity contribution in [2.24, 2.45) is 0 Å². The number of anilines is 2. The lowest BCUT2D eigenvalue weighted by Crippen LogP contribution is -2.36. The lowest BCUT2D eigenvalue weighted by Gasteiger charge is -2.27. The third kappa shape index (κ3) is 3.34. The molecule has 0 atom stereocenters. The van der Waals surface area contributed by atoms with Crippen LogP contribution in [-0.2, 0) is 9.53 Å². The Bertz CT molecular complexity index is 1100. The van der Waals surface area contributed by atoms with E-state index in [1.165, 1.54) is 22.3 Å². The first-order valence-corrected chi connectivity index (χ1v) is 9.85. The van der Waals surface area contributed by atoms with E-state index in [4.69, 9.17) is 9.15 Å². The predicted octanol–water partition coefficient (Wildman–Crippen LogP) is 3.51. The maximum atomic E-state index is 12.6. The standard InChI is InChI=1S/C21H20N2O4S/c1-3-18(25)22(2)15-6-4-5-14(11-15)16-13-28-21-17(24)12-19(27-20(16)21)23-7-9-26-10-8-23/h3-6,11-13H,1,7-10H2,2H3. The normalized spacial score (nSPS) is 14.2. The van der Waals surface area contributed by atoms with Gasteiger partial charge >= 0.3 is 0 Å². The van der Waals surface area contributed by atoms with Crippen molar-refractivity contribution in [2.45, 2.75) is 0 Å². The molecule has 1 fully saturated rings.